The summed E-state index contributed by atoms with van der Waals surface area (Å²) in [6.45, 7) is 0. The third-order valence-electron chi connectivity index (χ3n) is 0.920. The first kappa shape index (κ1) is 20.2. The van der Waals surface area contributed by atoms with Crippen LogP contribution >= 0.6 is 72.4 Å². The van der Waals surface area contributed by atoms with Crippen molar-refractivity contribution in [2.45, 2.75) is 0 Å². The Balaban J connectivity index is 0. The van der Waals surface area contributed by atoms with Crippen LogP contribution < -0.4 is 22.9 Å². The van der Waals surface area contributed by atoms with Gasteiger partial charge < -0.3 is 11.5 Å². The molecule has 0 atom stereocenters. The maximum atomic E-state index is 5.23. The molecule has 17 heavy (non-hydrogen) atoms. The van der Waals surface area contributed by atoms with Crippen molar-refractivity contribution in [3.63, 3.8) is 0 Å². The van der Waals surface area contributed by atoms with Crippen LogP contribution in [0.4, 0.5) is 0 Å². The summed E-state index contributed by atoms with van der Waals surface area (Å²) in [5.41, 5.74) is 20.7. The van der Waals surface area contributed by atoms with Gasteiger partial charge in [-0.05, 0) is 0 Å². The van der Waals surface area contributed by atoms with Gasteiger partial charge in [0.2, 0.25) is 0 Å². The van der Waals surface area contributed by atoms with Crippen molar-refractivity contribution in [2.24, 2.45) is 22.9 Å². The van der Waals surface area contributed by atoms with Crippen LogP contribution in [-0.4, -0.2) is 27.3 Å². The average Bonchev–Trinajstić information content (AvgIpc) is 2.10. The van der Waals surface area contributed by atoms with Crippen LogP contribution in [-0.2, 0) is 17.1 Å². The Kier molecular flexibility index (Phi) is 15.8. The molecule has 4 nitrogen and oxygen atoms in total. The third kappa shape index (κ3) is 26.5. The number of nitrogens with two attached hydrogens (primary N) is 4. The van der Waals surface area contributed by atoms with Crippen molar-refractivity contribution >= 4 is 88.2 Å². The molecule has 11 heteroatoms. The van der Waals surface area contributed by atoms with Crippen LogP contribution in [0.15, 0.2) is 0 Å². The molecule has 0 rings (SSSR count). The molecule has 0 amide bonds. The monoisotopic (exact) mass is 396 g/mol. The molecule has 94 valence electrons. The summed E-state index contributed by atoms with van der Waals surface area (Å²) in [6.07, 6.45) is 0. The Morgan fingerprint density at radius 2 is 1.06 bits per heavy atom. The molecular formula is C6H12N4S6Zn. The molecule has 0 bridgehead atoms. The quantitative estimate of drug-likeness (QED) is 0.297. The fourth-order valence-corrected chi connectivity index (χ4v) is 4.84. The second-order valence-corrected chi connectivity index (χ2v) is 13.3. The Morgan fingerprint density at radius 1 is 0.765 bits per heavy atom. The van der Waals surface area contributed by atoms with Crippen molar-refractivity contribution < 1.29 is 17.1 Å². The molecule has 0 aliphatic carbocycles. The Morgan fingerprint density at radius 3 is 1.18 bits per heavy atom. The first-order valence-electron chi connectivity index (χ1n) is 4.16. The summed E-state index contributed by atoms with van der Waals surface area (Å²) in [6, 6.07) is 0. The molecule has 0 aliphatic heterocycles. The van der Waals surface area contributed by atoms with Crippen LogP contribution in [0.1, 0.15) is 0 Å². The normalized spacial score (nSPS) is 8.24. The first-order valence-corrected chi connectivity index (χ1v) is 10.7. The van der Waals surface area contributed by atoms with E-state index >= 15 is 0 Å². The molecule has 0 aromatic carbocycles. The predicted octanol–water partition coefficient (Wildman–Crippen LogP) is 0.496. The van der Waals surface area contributed by atoms with Crippen molar-refractivity contribution in [3.05, 3.63) is 0 Å². The summed E-state index contributed by atoms with van der Waals surface area (Å²) in [5, 5.41) is 0. The zero-order valence-electron chi connectivity index (χ0n) is 8.88. The van der Waals surface area contributed by atoms with E-state index in [4.69, 9.17) is 22.9 Å². The molecule has 0 spiro atoms. The molecule has 0 aromatic heterocycles. The molecule has 0 saturated carbocycles. The maximum absolute atomic E-state index is 5.23. The van der Waals surface area contributed by atoms with Gasteiger partial charge in [-0.25, -0.2) is 0 Å². The van der Waals surface area contributed by atoms with E-state index in [1.165, 1.54) is 23.5 Å². The van der Waals surface area contributed by atoms with Crippen LogP contribution in [0.3, 0.4) is 0 Å². The zero-order valence-corrected chi connectivity index (χ0v) is 16.7. The van der Waals surface area contributed by atoms with E-state index in [2.05, 4.69) is 48.9 Å². The molecule has 8 N–H and O–H groups in total. The van der Waals surface area contributed by atoms with Gasteiger partial charge in [0.15, 0.2) is 0 Å². The Hall–Kier alpha value is 0.883. The van der Waals surface area contributed by atoms with Gasteiger partial charge in [0.25, 0.3) is 0 Å². The molecule has 0 aliphatic rings. The first-order chi connectivity index (χ1) is 7.75. The second-order valence-electron chi connectivity index (χ2n) is 2.44. The minimum absolute atomic E-state index is 0.475. The molecule has 0 radical (unpaired) electrons. The molecule has 0 unspecified atom stereocenters. The van der Waals surface area contributed by atoms with E-state index in [-0.39, 0.29) is 0 Å². The summed E-state index contributed by atoms with van der Waals surface area (Å²) >= 11 is 20.2. The van der Waals surface area contributed by atoms with E-state index in [1.807, 2.05) is 0 Å². The van der Waals surface area contributed by atoms with Crippen molar-refractivity contribution in [1.29, 1.82) is 0 Å². The summed E-state index contributed by atoms with van der Waals surface area (Å²) in [5.74, 6) is 1.74. The number of thiocarbonyl (C=S) groups is 4. The fourth-order valence-electron chi connectivity index (χ4n) is 0.456. The SMILES string of the molecule is NC(=S)SCCSC(N)=S.N[C](=S)[Zn][C](N)=S. The number of hydrogen-bond donors (Lipinski definition) is 4. The van der Waals surface area contributed by atoms with E-state index < -0.39 is 17.1 Å². The van der Waals surface area contributed by atoms with Gasteiger partial charge >= 0.3 is 60.2 Å². The van der Waals surface area contributed by atoms with Crippen molar-refractivity contribution in [2.75, 3.05) is 11.5 Å². The van der Waals surface area contributed by atoms with Gasteiger partial charge in [-0.1, -0.05) is 48.0 Å². The number of thioether (sulfide) groups is 2. The summed E-state index contributed by atoms with van der Waals surface area (Å²) < 4.78 is 2.03. The van der Waals surface area contributed by atoms with Gasteiger partial charge in [0.05, 0.1) is 0 Å². The van der Waals surface area contributed by atoms with E-state index in [9.17, 15) is 0 Å². The van der Waals surface area contributed by atoms with Gasteiger partial charge in [-0.15, -0.1) is 0 Å². The van der Waals surface area contributed by atoms with Crippen molar-refractivity contribution in [1.82, 2.24) is 0 Å². The summed E-state index contributed by atoms with van der Waals surface area (Å²) in [7, 11) is 0. The predicted molar refractivity (Wildman–Crippen MR) is 92.1 cm³/mol. The Bertz CT molecular complexity index is 268. The molecular weight excluding hydrogens is 386 g/mol. The molecule has 0 aromatic rings. The van der Waals surface area contributed by atoms with E-state index in [0.29, 0.717) is 15.8 Å². The van der Waals surface area contributed by atoms with Crippen LogP contribution in [0.2, 0.25) is 0 Å². The van der Waals surface area contributed by atoms with Gasteiger partial charge in [-0.3, -0.25) is 0 Å². The van der Waals surface area contributed by atoms with Crippen LogP contribution in [0.5, 0.6) is 0 Å². The molecule has 0 saturated heterocycles. The van der Waals surface area contributed by atoms with Crippen LogP contribution in [0.25, 0.3) is 0 Å². The number of rotatable bonds is 5. The second kappa shape index (κ2) is 13.3. The van der Waals surface area contributed by atoms with Gasteiger partial charge in [0, 0.05) is 11.5 Å². The zero-order chi connectivity index (χ0) is 13.8. The fraction of sp³-hybridized carbons (Fsp3) is 0.333. The topological polar surface area (TPSA) is 104 Å². The van der Waals surface area contributed by atoms with E-state index in [1.54, 1.807) is 0 Å². The standard InChI is InChI=1S/C4H8N2S4.2CH2NS.Zn/c5-3(7)9-1-2-10-4(6)8;2*2-1-3;/h1-2H2,(H2,5,7)(H2,6,8);2*(H2,2,3);. The third-order valence-corrected chi connectivity index (χ3v) is 6.23. The summed E-state index contributed by atoms with van der Waals surface area (Å²) in [4.78, 5) is 0. The van der Waals surface area contributed by atoms with Crippen molar-refractivity contribution in [3.8, 4) is 0 Å². The number of hydrogen-bond acceptors (Lipinski definition) is 6. The molecule has 0 fully saturated rings. The van der Waals surface area contributed by atoms with Crippen LogP contribution in [0, 0.1) is 0 Å². The van der Waals surface area contributed by atoms with E-state index in [0.717, 1.165) is 11.5 Å². The average molecular weight is 398 g/mol. The molecule has 0 heterocycles. The minimum atomic E-state index is -1.08. The Labute approximate surface area is 138 Å². The van der Waals surface area contributed by atoms with Gasteiger partial charge in [-0.2, -0.15) is 0 Å². The van der Waals surface area contributed by atoms with Gasteiger partial charge in [0.1, 0.15) is 8.64 Å².